The van der Waals surface area contributed by atoms with Gasteiger partial charge in [0.05, 0.1) is 0 Å². The molecule has 0 aromatic heterocycles. The molecule has 0 aliphatic heterocycles. The fourth-order valence-electron chi connectivity index (χ4n) is 3.23. The lowest BCUT2D eigenvalue weighted by Gasteiger charge is -2.31. The molecule has 1 N–H and O–H groups in total. The number of carbonyl (C=O) groups excluding carboxylic acids is 2. The zero-order valence-corrected chi connectivity index (χ0v) is 17.6. The van der Waals surface area contributed by atoms with Gasteiger partial charge in [0.15, 0.2) is 6.61 Å². The second-order valence-electron chi connectivity index (χ2n) is 7.10. The van der Waals surface area contributed by atoms with E-state index in [-0.39, 0.29) is 37.3 Å². The fourth-order valence-corrected chi connectivity index (χ4v) is 3.23. The number of hydrogen-bond acceptors (Lipinski definition) is 3. The molecule has 1 atom stereocenters. The number of carbonyl (C=O) groups is 2. The Hall–Kier alpha value is -3.93. The molecule has 3 aromatic rings. The van der Waals surface area contributed by atoms with Crippen LogP contribution in [-0.4, -0.2) is 29.9 Å². The normalized spacial score (nSPS) is 11.3. The third-order valence-electron chi connectivity index (χ3n) is 4.79. The highest BCUT2D eigenvalue weighted by Crippen LogP contribution is 2.24. The van der Waals surface area contributed by atoms with Crippen molar-refractivity contribution >= 4 is 11.8 Å². The van der Waals surface area contributed by atoms with E-state index in [1.54, 1.807) is 42.5 Å². The Morgan fingerprint density at radius 2 is 1.59 bits per heavy atom. The first kappa shape index (κ1) is 22.7. The molecule has 0 aliphatic carbocycles. The maximum atomic E-state index is 13.4. The number of amides is 2. The van der Waals surface area contributed by atoms with E-state index < -0.39 is 6.04 Å². The van der Waals surface area contributed by atoms with Gasteiger partial charge in [-0.1, -0.05) is 66.7 Å². The predicted molar refractivity (Wildman–Crippen MR) is 121 cm³/mol. The van der Waals surface area contributed by atoms with Gasteiger partial charge >= 0.3 is 0 Å². The molecular weight excluding hydrogens is 407 g/mol. The van der Waals surface area contributed by atoms with Crippen LogP contribution in [0.4, 0.5) is 4.39 Å². The molecule has 3 rings (SSSR count). The van der Waals surface area contributed by atoms with Crippen molar-refractivity contribution in [2.24, 2.45) is 0 Å². The van der Waals surface area contributed by atoms with Crippen molar-refractivity contribution in [3.63, 3.8) is 0 Å². The number of nitrogens with zero attached hydrogens (tertiary/aromatic N) is 1. The Bertz CT molecular complexity index is 1020. The van der Waals surface area contributed by atoms with E-state index in [1.165, 1.54) is 17.0 Å². The van der Waals surface area contributed by atoms with E-state index in [9.17, 15) is 14.0 Å². The van der Waals surface area contributed by atoms with Gasteiger partial charge in [-0.05, 0) is 35.4 Å². The summed E-state index contributed by atoms with van der Waals surface area (Å²) in [5.41, 5.74) is 1.35. The highest BCUT2D eigenvalue weighted by molar-refractivity contribution is 5.89. The van der Waals surface area contributed by atoms with Gasteiger partial charge in [0.1, 0.15) is 17.6 Å². The molecule has 0 fully saturated rings. The van der Waals surface area contributed by atoms with E-state index in [4.69, 9.17) is 4.74 Å². The smallest absolute Gasteiger partial charge is 0.261 e. The fraction of sp³-hybridized carbons (Fsp3) is 0.154. The Morgan fingerprint density at radius 3 is 2.22 bits per heavy atom. The molecule has 5 nitrogen and oxygen atoms in total. The van der Waals surface area contributed by atoms with E-state index in [0.29, 0.717) is 16.9 Å². The lowest BCUT2D eigenvalue weighted by atomic mass is 10.0. The molecule has 1 unspecified atom stereocenters. The van der Waals surface area contributed by atoms with Crippen LogP contribution < -0.4 is 10.1 Å². The molecule has 0 spiro atoms. The molecule has 0 aliphatic rings. The third kappa shape index (κ3) is 6.28. The minimum Gasteiger partial charge on any atom is -0.484 e. The summed E-state index contributed by atoms with van der Waals surface area (Å²) >= 11 is 0. The first-order valence-electron chi connectivity index (χ1n) is 10.2. The molecule has 0 saturated carbocycles. The van der Waals surface area contributed by atoms with Gasteiger partial charge in [0.2, 0.25) is 5.91 Å². The van der Waals surface area contributed by atoms with Gasteiger partial charge in [-0.15, -0.1) is 6.58 Å². The summed E-state index contributed by atoms with van der Waals surface area (Å²) in [5.74, 6) is -0.538. The number of hydrogen-bond donors (Lipinski definition) is 1. The lowest BCUT2D eigenvalue weighted by molar-refractivity contribution is -0.143. The SMILES string of the molecule is C=CCNC(=O)C(c1ccccc1)N(Cc1ccc(F)cc1)C(=O)COc1ccccc1. The summed E-state index contributed by atoms with van der Waals surface area (Å²) in [4.78, 5) is 27.9. The summed E-state index contributed by atoms with van der Waals surface area (Å²) < 4.78 is 19.1. The minimum absolute atomic E-state index is 0.109. The summed E-state index contributed by atoms with van der Waals surface area (Å²) in [6.45, 7) is 3.76. The van der Waals surface area contributed by atoms with Crippen LogP contribution >= 0.6 is 0 Å². The number of para-hydroxylation sites is 1. The Labute approximate surface area is 187 Å². The largest absolute Gasteiger partial charge is 0.484 e. The molecule has 0 saturated heterocycles. The molecule has 0 heterocycles. The van der Waals surface area contributed by atoms with Crippen LogP contribution in [0.3, 0.4) is 0 Å². The van der Waals surface area contributed by atoms with Gasteiger partial charge in [-0.2, -0.15) is 0 Å². The van der Waals surface area contributed by atoms with Crippen LogP contribution in [0.5, 0.6) is 5.75 Å². The van der Waals surface area contributed by atoms with Crippen molar-refractivity contribution in [3.05, 3.63) is 115 Å². The molecule has 6 heteroatoms. The summed E-state index contributed by atoms with van der Waals surface area (Å²) in [7, 11) is 0. The topological polar surface area (TPSA) is 58.6 Å². The van der Waals surface area contributed by atoms with Crippen LogP contribution in [0.25, 0.3) is 0 Å². The van der Waals surface area contributed by atoms with Crippen LogP contribution in [0, 0.1) is 5.82 Å². The number of ether oxygens (including phenoxy) is 1. The Kier molecular flexibility index (Phi) is 8.15. The van der Waals surface area contributed by atoms with E-state index in [2.05, 4.69) is 11.9 Å². The summed E-state index contributed by atoms with van der Waals surface area (Å²) in [6, 6.07) is 23.0. The molecule has 3 aromatic carbocycles. The van der Waals surface area contributed by atoms with Crippen LogP contribution in [-0.2, 0) is 16.1 Å². The maximum Gasteiger partial charge on any atom is 0.261 e. The lowest BCUT2D eigenvalue weighted by Crippen LogP contribution is -2.45. The van der Waals surface area contributed by atoms with Gasteiger partial charge in [-0.3, -0.25) is 9.59 Å². The van der Waals surface area contributed by atoms with Gasteiger partial charge in [-0.25, -0.2) is 4.39 Å². The van der Waals surface area contributed by atoms with Crippen molar-refractivity contribution in [2.75, 3.05) is 13.2 Å². The second-order valence-corrected chi connectivity index (χ2v) is 7.10. The highest BCUT2D eigenvalue weighted by atomic mass is 19.1. The van der Waals surface area contributed by atoms with Gasteiger partial charge in [0.25, 0.3) is 5.91 Å². The van der Waals surface area contributed by atoms with Crippen molar-refractivity contribution in [3.8, 4) is 5.75 Å². The summed E-state index contributed by atoms with van der Waals surface area (Å²) in [5, 5.41) is 2.78. The molecule has 0 radical (unpaired) electrons. The van der Waals surface area contributed by atoms with Crippen molar-refractivity contribution in [1.82, 2.24) is 10.2 Å². The summed E-state index contributed by atoms with van der Waals surface area (Å²) in [6.07, 6.45) is 1.57. The first-order valence-corrected chi connectivity index (χ1v) is 10.2. The average molecular weight is 432 g/mol. The van der Waals surface area contributed by atoms with Gasteiger partial charge in [0, 0.05) is 13.1 Å². The molecule has 164 valence electrons. The standard InChI is InChI=1S/C26H25FN2O3/c1-2-17-28-26(31)25(21-9-5-3-6-10-21)29(18-20-13-15-22(27)16-14-20)24(30)19-32-23-11-7-4-8-12-23/h2-16,25H,1,17-19H2,(H,28,31). The number of halogens is 1. The average Bonchev–Trinajstić information content (AvgIpc) is 2.83. The van der Waals surface area contributed by atoms with E-state index >= 15 is 0 Å². The number of rotatable bonds is 10. The monoisotopic (exact) mass is 432 g/mol. The minimum atomic E-state index is -0.895. The van der Waals surface area contributed by atoms with E-state index in [0.717, 1.165) is 0 Å². The number of nitrogens with one attached hydrogen (secondary N) is 1. The quantitative estimate of drug-likeness (QED) is 0.487. The van der Waals surface area contributed by atoms with Crippen molar-refractivity contribution in [1.29, 1.82) is 0 Å². The van der Waals surface area contributed by atoms with Crippen molar-refractivity contribution < 1.29 is 18.7 Å². The zero-order valence-electron chi connectivity index (χ0n) is 17.6. The number of benzene rings is 3. The molecular formula is C26H25FN2O3. The third-order valence-corrected chi connectivity index (χ3v) is 4.79. The second kappa shape index (κ2) is 11.5. The van der Waals surface area contributed by atoms with Crippen molar-refractivity contribution in [2.45, 2.75) is 12.6 Å². The highest BCUT2D eigenvalue weighted by Gasteiger charge is 2.31. The molecule has 2 amide bonds. The van der Waals surface area contributed by atoms with Crippen LogP contribution in [0.15, 0.2) is 97.6 Å². The van der Waals surface area contributed by atoms with E-state index in [1.807, 2.05) is 36.4 Å². The maximum absolute atomic E-state index is 13.4. The van der Waals surface area contributed by atoms with Crippen LogP contribution in [0.1, 0.15) is 17.2 Å². The van der Waals surface area contributed by atoms with Crippen LogP contribution in [0.2, 0.25) is 0 Å². The first-order chi connectivity index (χ1) is 15.6. The Balaban J connectivity index is 1.92. The zero-order chi connectivity index (χ0) is 22.8. The van der Waals surface area contributed by atoms with Gasteiger partial charge < -0.3 is 15.0 Å². The molecule has 0 bridgehead atoms. The predicted octanol–water partition coefficient (Wildman–Crippen LogP) is 4.28. The molecule has 32 heavy (non-hydrogen) atoms. The Morgan fingerprint density at radius 1 is 0.969 bits per heavy atom.